The van der Waals surface area contributed by atoms with Gasteiger partial charge in [-0.15, -0.1) is 0 Å². The van der Waals surface area contributed by atoms with Crippen molar-refractivity contribution < 1.29 is 13.6 Å². The van der Waals surface area contributed by atoms with Crippen LogP contribution < -0.4 is 11.1 Å². The Hall–Kier alpha value is -2.43. The molecule has 0 fully saturated rings. The summed E-state index contributed by atoms with van der Waals surface area (Å²) in [6.07, 6.45) is 0.103. The Morgan fingerprint density at radius 2 is 1.81 bits per heavy atom. The van der Waals surface area contributed by atoms with Crippen molar-refractivity contribution >= 4 is 11.6 Å². The zero-order valence-electron chi connectivity index (χ0n) is 11.6. The van der Waals surface area contributed by atoms with Gasteiger partial charge in [0.2, 0.25) is 5.91 Å². The highest BCUT2D eigenvalue weighted by Gasteiger charge is 2.17. The Bertz CT molecular complexity index is 638. The molecule has 2 rings (SSSR count). The second-order valence-corrected chi connectivity index (χ2v) is 4.85. The van der Waals surface area contributed by atoms with Gasteiger partial charge in [0.1, 0.15) is 11.6 Å². The molecular formula is C16H16F2N2O. The number of nitrogens with one attached hydrogen (secondary N) is 1. The molecule has 1 atom stereocenters. The van der Waals surface area contributed by atoms with Crippen molar-refractivity contribution in [2.45, 2.75) is 19.4 Å². The zero-order chi connectivity index (χ0) is 15.4. The van der Waals surface area contributed by atoms with Gasteiger partial charge in [0.15, 0.2) is 0 Å². The lowest BCUT2D eigenvalue weighted by Gasteiger charge is -2.16. The molecule has 3 nitrogen and oxygen atoms in total. The number of carbonyl (C=O) groups is 1. The second kappa shape index (κ2) is 6.35. The number of amides is 1. The molecular weight excluding hydrogens is 274 g/mol. The van der Waals surface area contributed by atoms with Gasteiger partial charge in [-0.2, -0.15) is 0 Å². The van der Waals surface area contributed by atoms with E-state index in [2.05, 4.69) is 5.32 Å². The fourth-order valence-corrected chi connectivity index (χ4v) is 2.18. The van der Waals surface area contributed by atoms with Gasteiger partial charge >= 0.3 is 0 Å². The van der Waals surface area contributed by atoms with E-state index in [-0.39, 0.29) is 17.9 Å². The minimum Gasteiger partial charge on any atom is -0.399 e. The van der Waals surface area contributed by atoms with Crippen molar-refractivity contribution in [3.05, 3.63) is 65.2 Å². The molecule has 0 spiro atoms. The summed E-state index contributed by atoms with van der Waals surface area (Å²) in [5.41, 5.74) is 6.80. The molecule has 1 unspecified atom stereocenters. The Morgan fingerprint density at radius 3 is 2.43 bits per heavy atom. The molecule has 110 valence electrons. The normalized spacial score (nSPS) is 12.0. The first-order valence-electron chi connectivity index (χ1n) is 6.55. The van der Waals surface area contributed by atoms with Gasteiger partial charge in [-0.1, -0.05) is 18.2 Å². The van der Waals surface area contributed by atoms with E-state index >= 15 is 0 Å². The van der Waals surface area contributed by atoms with Crippen LogP contribution in [0.1, 0.15) is 24.1 Å². The monoisotopic (exact) mass is 290 g/mol. The topological polar surface area (TPSA) is 55.1 Å². The summed E-state index contributed by atoms with van der Waals surface area (Å²) in [6, 6.07) is 9.79. The van der Waals surface area contributed by atoms with Gasteiger partial charge in [-0.3, -0.25) is 4.79 Å². The zero-order valence-corrected chi connectivity index (χ0v) is 11.6. The maximum absolute atomic E-state index is 13.6. The Labute approximate surface area is 121 Å². The molecule has 0 heterocycles. The van der Waals surface area contributed by atoms with Crippen molar-refractivity contribution in [3.63, 3.8) is 0 Å². The van der Waals surface area contributed by atoms with Gasteiger partial charge in [0, 0.05) is 11.3 Å². The molecule has 0 bridgehead atoms. The minimum absolute atomic E-state index is 0.103. The average molecular weight is 290 g/mol. The maximum atomic E-state index is 13.6. The van der Waals surface area contributed by atoms with E-state index in [1.807, 2.05) is 0 Å². The lowest BCUT2D eigenvalue weighted by Crippen LogP contribution is -2.29. The van der Waals surface area contributed by atoms with Gasteiger partial charge in [-0.05, 0) is 36.8 Å². The fraction of sp³-hybridized carbons (Fsp3) is 0.188. The Kier molecular flexibility index (Phi) is 4.52. The molecule has 0 aliphatic carbocycles. The number of carbonyl (C=O) groups excluding carboxylic acids is 1. The molecule has 1 amide bonds. The van der Waals surface area contributed by atoms with Crippen molar-refractivity contribution in [2.24, 2.45) is 0 Å². The van der Waals surface area contributed by atoms with E-state index in [0.29, 0.717) is 5.69 Å². The standard InChI is InChI=1S/C16H16F2N2O/c1-10(16-13(17)6-3-7-14(16)18)20-15(21)9-11-4-2-5-12(19)8-11/h2-8,10H,9,19H2,1H3,(H,20,21). The van der Waals surface area contributed by atoms with Crippen LogP contribution in [-0.4, -0.2) is 5.91 Å². The van der Waals surface area contributed by atoms with Gasteiger partial charge in [0.25, 0.3) is 0 Å². The smallest absolute Gasteiger partial charge is 0.224 e. The summed E-state index contributed by atoms with van der Waals surface area (Å²) < 4.78 is 27.2. The van der Waals surface area contributed by atoms with Crippen LogP contribution in [0.4, 0.5) is 14.5 Å². The summed E-state index contributed by atoms with van der Waals surface area (Å²) in [5.74, 6) is -1.67. The SMILES string of the molecule is CC(NC(=O)Cc1cccc(N)c1)c1c(F)cccc1F. The molecule has 0 aliphatic rings. The number of hydrogen-bond acceptors (Lipinski definition) is 2. The third-order valence-corrected chi connectivity index (χ3v) is 3.13. The lowest BCUT2D eigenvalue weighted by molar-refractivity contribution is -0.121. The van der Waals surface area contributed by atoms with Crippen LogP contribution in [0.15, 0.2) is 42.5 Å². The number of hydrogen-bond donors (Lipinski definition) is 2. The van der Waals surface area contributed by atoms with E-state index in [4.69, 9.17) is 5.73 Å². The average Bonchev–Trinajstić information content (AvgIpc) is 2.38. The highest BCUT2D eigenvalue weighted by molar-refractivity contribution is 5.79. The molecule has 2 aromatic rings. The van der Waals surface area contributed by atoms with Crippen molar-refractivity contribution in [1.29, 1.82) is 0 Å². The Balaban J connectivity index is 2.06. The number of benzene rings is 2. The quantitative estimate of drug-likeness (QED) is 0.851. The summed E-state index contributed by atoms with van der Waals surface area (Å²) in [5, 5.41) is 2.59. The van der Waals surface area contributed by atoms with Crippen LogP contribution in [0.25, 0.3) is 0 Å². The number of halogens is 2. The van der Waals surface area contributed by atoms with E-state index < -0.39 is 17.7 Å². The molecule has 2 aromatic carbocycles. The molecule has 5 heteroatoms. The van der Waals surface area contributed by atoms with Crippen LogP contribution in [0, 0.1) is 11.6 Å². The lowest BCUT2D eigenvalue weighted by atomic mass is 10.1. The predicted octanol–water partition coefficient (Wildman–Crippen LogP) is 2.97. The molecule has 0 aromatic heterocycles. The van der Waals surface area contributed by atoms with E-state index in [1.165, 1.54) is 18.2 Å². The molecule has 3 N–H and O–H groups in total. The van der Waals surface area contributed by atoms with Crippen LogP contribution in [0.3, 0.4) is 0 Å². The number of nitrogen functional groups attached to an aromatic ring is 1. The Morgan fingerprint density at radius 1 is 1.19 bits per heavy atom. The maximum Gasteiger partial charge on any atom is 0.224 e. The van der Waals surface area contributed by atoms with Crippen molar-refractivity contribution in [2.75, 3.05) is 5.73 Å². The molecule has 0 saturated carbocycles. The van der Waals surface area contributed by atoms with Crippen molar-refractivity contribution in [3.8, 4) is 0 Å². The summed E-state index contributed by atoms with van der Waals surface area (Å²) >= 11 is 0. The van der Waals surface area contributed by atoms with E-state index in [1.54, 1.807) is 31.2 Å². The first-order valence-corrected chi connectivity index (χ1v) is 6.55. The summed E-state index contributed by atoms with van der Waals surface area (Å²) in [7, 11) is 0. The molecule has 21 heavy (non-hydrogen) atoms. The van der Waals surface area contributed by atoms with Crippen LogP contribution in [0.2, 0.25) is 0 Å². The third-order valence-electron chi connectivity index (χ3n) is 3.13. The summed E-state index contributed by atoms with van der Waals surface area (Å²) in [6.45, 7) is 1.54. The minimum atomic E-state index is -0.750. The van der Waals surface area contributed by atoms with Crippen LogP contribution in [0.5, 0.6) is 0 Å². The van der Waals surface area contributed by atoms with Gasteiger partial charge in [-0.25, -0.2) is 8.78 Å². The van der Waals surface area contributed by atoms with Crippen molar-refractivity contribution in [1.82, 2.24) is 5.32 Å². The van der Waals surface area contributed by atoms with E-state index in [9.17, 15) is 13.6 Å². The number of nitrogens with two attached hydrogens (primary N) is 1. The first kappa shape index (κ1) is 15.0. The highest BCUT2D eigenvalue weighted by atomic mass is 19.1. The third kappa shape index (κ3) is 3.78. The van der Waals surface area contributed by atoms with Crippen LogP contribution >= 0.6 is 0 Å². The number of anilines is 1. The number of rotatable bonds is 4. The first-order chi connectivity index (χ1) is 9.97. The van der Waals surface area contributed by atoms with Gasteiger partial charge < -0.3 is 11.1 Å². The second-order valence-electron chi connectivity index (χ2n) is 4.85. The fourth-order valence-electron chi connectivity index (χ4n) is 2.18. The van der Waals surface area contributed by atoms with Crippen LogP contribution in [-0.2, 0) is 11.2 Å². The van der Waals surface area contributed by atoms with E-state index in [0.717, 1.165) is 5.56 Å². The molecule has 0 aliphatic heterocycles. The highest BCUT2D eigenvalue weighted by Crippen LogP contribution is 2.20. The molecule has 0 saturated heterocycles. The summed E-state index contributed by atoms with van der Waals surface area (Å²) in [4.78, 5) is 11.9. The largest absolute Gasteiger partial charge is 0.399 e. The van der Waals surface area contributed by atoms with Gasteiger partial charge in [0.05, 0.1) is 12.5 Å². The predicted molar refractivity (Wildman–Crippen MR) is 77.5 cm³/mol. The molecule has 0 radical (unpaired) electrons.